The maximum Gasteiger partial charge on any atom is 0.162 e. The zero-order valence-electron chi connectivity index (χ0n) is 10.5. The molecular formula is C14H18ClNO2. The van der Waals surface area contributed by atoms with Crippen LogP contribution in [0.15, 0.2) is 12.1 Å². The van der Waals surface area contributed by atoms with Crippen molar-refractivity contribution >= 4 is 11.6 Å². The summed E-state index contributed by atoms with van der Waals surface area (Å²) in [6.07, 6.45) is 5.78. The Morgan fingerprint density at radius 1 is 1.28 bits per heavy atom. The lowest BCUT2D eigenvalue weighted by Crippen LogP contribution is -2.25. The second kappa shape index (κ2) is 4.32. The third kappa shape index (κ3) is 2.06. The van der Waals surface area contributed by atoms with Crippen LogP contribution in [-0.4, -0.2) is 13.2 Å². The van der Waals surface area contributed by atoms with E-state index in [1.54, 1.807) is 7.11 Å². The Labute approximate surface area is 112 Å². The highest BCUT2D eigenvalue weighted by atomic mass is 35.5. The fourth-order valence-electron chi connectivity index (χ4n) is 2.24. The molecule has 2 aliphatic carbocycles. The van der Waals surface area contributed by atoms with Gasteiger partial charge >= 0.3 is 0 Å². The van der Waals surface area contributed by atoms with Gasteiger partial charge in [0.2, 0.25) is 0 Å². The van der Waals surface area contributed by atoms with Crippen molar-refractivity contribution in [3.05, 3.63) is 22.7 Å². The van der Waals surface area contributed by atoms with Crippen molar-refractivity contribution in [3.63, 3.8) is 0 Å². The third-order valence-electron chi connectivity index (χ3n) is 3.92. The SMILES string of the molecule is COc1cc(Cl)c(C2(N)CC2)cc1OC1CCC1. The average molecular weight is 268 g/mol. The fraction of sp³-hybridized carbons (Fsp3) is 0.571. The smallest absolute Gasteiger partial charge is 0.162 e. The Hall–Kier alpha value is -0.930. The Balaban J connectivity index is 1.93. The van der Waals surface area contributed by atoms with Gasteiger partial charge < -0.3 is 15.2 Å². The van der Waals surface area contributed by atoms with Gasteiger partial charge in [-0.1, -0.05) is 11.6 Å². The summed E-state index contributed by atoms with van der Waals surface area (Å²) >= 11 is 6.27. The molecule has 0 radical (unpaired) electrons. The topological polar surface area (TPSA) is 44.5 Å². The molecule has 4 heteroatoms. The zero-order valence-corrected chi connectivity index (χ0v) is 11.3. The number of hydrogen-bond acceptors (Lipinski definition) is 3. The number of ether oxygens (including phenoxy) is 2. The molecule has 0 spiro atoms. The summed E-state index contributed by atoms with van der Waals surface area (Å²) in [5.41, 5.74) is 6.96. The Kier molecular flexibility index (Phi) is 2.91. The van der Waals surface area contributed by atoms with Crippen molar-refractivity contribution in [3.8, 4) is 11.5 Å². The van der Waals surface area contributed by atoms with Crippen LogP contribution in [0.3, 0.4) is 0 Å². The van der Waals surface area contributed by atoms with Gasteiger partial charge in [-0.25, -0.2) is 0 Å². The molecule has 0 aliphatic heterocycles. The summed E-state index contributed by atoms with van der Waals surface area (Å²) in [6.45, 7) is 0. The van der Waals surface area contributed by atoms with Gasteiger partial charge in [0.25, 0.3) is 0 Å². The first-order valence-corrected chi connectivity index (χ1v) is 6.84. The lowest BCUT2D eigenvalue weighted by atomic mass is 9.96. The Morgan fingerprint density at radius 3 is 2.50 bits per heavy atom. The van der Waals surface area contributed by atoms with Crippen LogP contribution < -0.4 is 15.2 Å². The summed E-state index contributed by atoms with van der Waals surface area (Å²) in [5.74, 6) is 1.47. The van der Waals surface area contributed by atoms with E-state index in [-0.39, 0.29) is 5.54 Å². The van der Waals surface area contributed by atoms with Crippen LogP contribution in [0.25, 0.3) is 0 Å². The highest BCUT2D eigenvalue weighted by Gasteiger charge is 2.42. The van der Waals surface area contributed by atoms with Gasteiger partial charge in [0, 0.05) is 16.6 Å². The number of methoxy groups -OCH3 is 1. The highest BCUT2D eigenvalue weighted by molar-refractivity contribution is 6.31. The first-order chi connectivity index (χ1) is 8.62. The van der Waals surface area contributed by atoms with E-state index in [1.165, 1.54) is 6.42 Å². The van der Waals surface area contributed by atoms with Gasteiger partial charge in [-0.15, -0.1) is 0 Å². The lowest BCUT2D eigenvalue weighted by Gasteiger charge is -2.28. The second-order valence-electron chi connectivity index (χ2n) is 5.31. The minimum atomic E-state index is -0.249. The summed E-state index contributed by atoms with van der Waals surface area (Å²) in [7, 11) is 1.63. The van der Waals surface area contributed by atoms with Crippen LogP contribution in [0, 0.1) is 0 Å². The van der Waals surface area contributed by atoms with E-state index in [9.17, 15) is 0 Å². The molecule has 98 valence electrons. The molecule has 2 saturated carbocycles. The minimum Gasteiger partial charge on any atom is -0.493 e. The molecule has 1 aromatic carbocycles. The van der Waals surface area contributed by atoms with E-state index < -0.39 is 0 Å². The molecule has 0 saturated heterocycles. The fourth-order valence-corrected chi connectivity index (χ4v) is 2.58. The van der Waals surface area contributed by atoms with Crippen molar-refractivity contribution in [1.82, 2.24) is 0 Å². The maximum absolute atomic E-state index is 6.27. The largest absolute Gasteiger partial charge is 0.493 e. The Morgan fingerprint density at radius 2 is 2.00 bits per heavy atom. The van der Waals surface area contributed by atoms with Gasteiger partial charge in [-0.3, -0.25) is 0 Å². The third-order valence-corrected chi connectivity index (χ3v) is 4.24. The van der Waals surface area contributed by atoms with Crippen molar-refractivity contribution in [2.75, 3.05) is 7.11 Å². The van der Waals surface area contributed by atoms with Crippen LogP contribution in [0.2, 0.25) is 5.02 Å². The molecule has 0 aromatic heterocycles. The lowest BCUT2D eigenvalue weighted by molar-refractivity contribution is 0.116. The van der Waals surface area contributed by atoms with Crippen LogP contribution in [0.4, 0.5) is 0 Å². The standard InChI is InChI=1S/C14H18ClNO2/c1-17-12-8-11(15)10(14(16)5-6-14)7-13(12)18-9-3-2-4-9/h7-9H,2-6,16H2,1H3. The molecular weight excluding hydrogens is 250 g/mol. The van der Waals surface area contributed by atoms with E-state index in [0.29, 0.717) is 16.9 Å². The van der Waals surface area contributed by atoms with Crippen LogP contribution in [0.1, 0.15) is 37.7 Å². The van der Waals surface area contributed by atoms with E-state index in [2.05, 4.69) is 0 Å². The molecule has 0 unspecified atom stereocenters. The summed E-state index contributed by atoms with van der Waals surface area (Å²) in [4.78, 5) is 0. The maximum atomic E-state index is 6.27. The molecule has 0 atom stereocenters. The number of benzene rings is 1. The quantitative estimate of drug-likeness (QED) is 0.911. The van der Waals surface area contributed by atoms with Crippen LogP contribution in [0.5, 0.6) is 11.5 Å². The molecule has 3 nitrogen and oxygen atoms in total. The molecule has 0 bridgehead atoms. The minimum absolute atomic E-state index is 0.249. The molecule has 3 rings (SSSR count). The monoisotopic (exact) mass is 267 g/mol. The number of nitrogens with two attached hydrogens (primary N) is 1. The van der Waals surface area contributed by atoms with Gasteiger partial charge in [0.1, 0.15) is 0 Å². The molecule has 1 aromatic rings. The van der Waals surface area contributed by atoms with Crippen molar-refractivity contribution in [2.24, 2.45) is 5.73 Å². The predicted molar refractivity (Wildman–Crippen MR) is 71.4 cm³/mol. The van der Waals surface area contributed by atoms with Gasteiger partial charge in [-0.2, -0.15) is 0 Å². The number of hydrogen-bond donors (Lipinski definition) is 1. The van der Waals surface area contributed by atoms with Crippen molar-refractivity contribution < 1.29 is 9.47 Å². The second-order valence-corrected chi connectivity index (χ2v) is 5.72. The van der Waals surface area contributed by atoms with Gasteiger partial charge in [0.15, 0.2) is 11.5 Å². The first kappa shape index (κ1) is 12.1. The molecule has 2 N–H and O–H groups in total. The Bertz CT molecular complexity index is 467. The predicted octanol–water partition coefficient (Wildman–Crippen LogP) is 3.23. The van der Waals surface area contributed by atoms with Crippen LogP contribution in [-0.2, 0) is 5.54 Å². The molecule has 2 fully saturated rings. The number of halogens is 1. The van der Waals surface area contributed by atoms with Crippen molar-refractivity contribution in [1.29, 1.82) is 0 Å². The van der Waals surface area contributed by atoms with Crippen molar-refractivity contribution in [2.45, 2.75) is 43.7 Å². The van der Waals surface area contributed by atoms with E-state index in [0.717, 1.165) is 37.0 Å². The van der Waals surface area contributed by atoms with Gasteiger partial charge in [0.05, 0.1) is 13.2 Å². The summed E-state index contributed by atoms with van der Waals surface area (Å²) in [5, 5.41) is 0.674. The molecule has 18 heavy (non-hydrogen) atoms. The summed E-state index contributed by atoms with van der Waals surface area (Å²) < 4.78 is 11.3. The molecule has 2 aliphatic rings. The molecule has 0 amide bonds. The van der Waals surface area contributed by atoms with Crippen LogP contribution >= 0.6 is 11.6 Å². The van der Waals surface area contributed by atoms with Gasteiger partial charge in [-0.05, 0) is 43.7 Å². The van der Waals surface area contributed by atoms with E-state index >= 15 is 0 Å². The average Bonchev–Trinajstić information content (AvgIpc) is 3.03. The summed E-state index contributed by atoms with van der Waals surface area (Å²) in [6, 6.07) is 3.78. The number of rotatable bonds is 4. The first-order valence-electron chi connectivity index (χ1n) is 6.46. The zero-order chi connectivity index (χ0) is 12.8. The van der Waals surface area contributed by atoms with E-state index in [4.69, 9.17) is 26.8 Å². The highest BCUT2D eigenvalue weighted by Crippen LogP contribution is 2.48. The normalized spacial score (nSPS) is 21.3. The van der Waals surface area contributed by atoms with E-state index in [1.807, 2.05) is 12.1 Å². The molecule has 0 heterocycles.